The number of carboxylic acid groups (broad SMARTS) is 1. The van der Waals surface area contributed by atoms with Crippen molar-refractivity contribution < 1.29 is 41.3 Å². The summed E-state index contributed by atoms with van der Waals surface area (Å²) in [6.07, 6.45) is -4.33. The van der Waals surface area contributed by atoms with E-state index < -0.39 is 38.7 Å². The number of sulfonamides is 1. The molecular formula is C20H21F3N2O6S. The number of hydrogen-bond donors (Lipinski definition) is 3. The number of methoxy groups -OCH3 is 1. The Morgan fingerprint density at radius 3 is 2.53 bits per heavy atom. The first-order chi connectivity index (χ1) is 14.9. The Bertz CT molecular complexity index is 1120. The van der Waals surface area contributed by atoms with Crippen LogP contribution in [0.15, 0.2) is 41.3 Å². The fraction of sp³-hybridized carbons (Fsp3) is 0.350. The molecule has 1 atom stereocenters. The Labute approximate surface area is 182 Å². The molecule has 8 nitrogen and oxygen atoms in total. The molecule has 32 heavy (non-hydrogen) atoms. The fourth-order valence-corrected chi connectivity index (χ4v) is 4.72. The Morgan fingerprint density at radius 2 is 1.94 bits per heavy atom. The van der Waals surface area contributed by atoms with Crippen molar-refractivity contribution >= 4 is 27.4 Å². The van der Waals surface area contributed by atoms with Gasteiger partial charge in [0.15, 0.2) is 0 Å². The number of carboxylic acids is 1. The first-order valence-corrected chi connectivity index (χ1v) is 11.0. The lowest BCUT2D eigenvalue weighted by Crippen LogP contribution is -2.38. The van der Waals surface area contributed by atoms with Crippen LogP contribution in [0.1, 0.15) is 28.8 Å². The fourth-order valence-electron chi connectivity index (χ4n) is 3.46. The van der Waals surface area contributed by atoms with E-state index in [1.165, 1.54) is 7.11 Å². The third-order valence-electron chi connectivity index (χ3n) is 5.01. The molecule has 0 amide bonds. The van der Waals surface area contributed by atoms with Gasteiger partial charge < -0.3 is 19.8 Å². The zero-order chi connectivity index (χ0) is 23.7. The molecule has 12 heteroatoms. The number of piperidine rings is 1. The van der Waals surface area contributed by atoms with E-state index in [2.05, 4.69) is 4.72 Å². The number of alkyl halides is 3. The number of β-amino-alcohol motifs (C(OH)–C–C–N with tert-alkyl or cyclic N) is 1. The second kappa shape index (κ2) is 8.87. The molecule has 0 bridgehead atoms. The maximum Gasteiger partial charge on any atom is 0.416 e. The highest BCUT2D eigenvalue weighted by atomic mass is 32.2. The predicted octanol–water partition coefficient (Wildman–Crippen LogP) is 3.17. The summed E-state index contributed by atoms with van der Waals surface area (Å²) in [5.74, 6) is -1.56. The van der Waals surface area contributed by atoms with Crippen molar-refractivity contribution in [1.82, 2.24) is 0 Å². The minimum atomic E-state index is -4.72. The number of hydrogen-bond acceptors (Lipinski definition) is 6. The lowest BCUT2D eigenvalue weighted by atomic mass is 10.1. The average Bonchev–Trinajstić information content (AvgIpc) is 2.72. The molecule has 0 radical (unpaired) electrons. The van der Waals surface area contributed by atoms with E-state index in [0.29, 0.717) is 25.5 Å². The summed E-state index contributed by atoms with van der Waals surface area (Å²) in [7, 11) is -3.36. The lowest BCUT2D eigenvalue weighted by Gasteiger charge is -2.33. The molecule has 174 valence electrons. The van der Waals surface area contributed by atoms with Crippen LogP contribution >= 0.6 is 0 Å². The van der Waals surface area contributed by atoms with Gasteiger partial charge in [-0.3, -0.25) is 4.72 Å². The minimum absolute atomic E-state index is 0.123. The molecule has 0 aliphatic carbocycles. The predicted molar refractivity (Wildman–Crippen MR) is 110 cm³/mol. The molecule has 0 aromatic heterocycles. The van der Waals surface area contributed by atoms with Crippen LogP contribution in [0.2, 0.25) is 0 Å². The number of nitrogens with zero attached hydrogens (tertiary/aromatic N) is 1. The Kier molecular flexibility index (Phi) is 6.56. The average molecular weight is 474 g/mol. The number of ether oxygens (including phenoxy) is 1. The number of aromatic carboxylic acids is 1. The smallest absolute Gasteiger partial charge is 0.416 e. The summed E-state index contributed by atoms with van der Waals surface area (Å²) in [5, 5.41) is 19.1. The van der Waals surface area contributed by atoms with Crippen molar-refractivity contribution in [3.05, 3.63) is 47.5 Å². The SMILES string of the molecule is COc1ccc(C(=O)O)cc1S(=O)(=O)Nc1cc(C(F)(F)F)ccc1N1CCCC(O)C1. The van der Waals surface area contributed by atoms with Crippen molar-refractivity contribution in [2.24, 2.45) is 0 Å². The Morgan fingerprint density at radius 1 is 1.22 bits per heavy atom. The summed E-state index contributed by atoms with van der Waals surface area (Å²) in [6, 6.07) is 5.79. The van der Waals surface area contributed by atoms with E-state index >= 15 is 0 Å². The van der Waals surface area contributed by atoms with Crippen molar-refractivity contribution in [3.8, 4) is 5.75 Å². The topological polar surface area (TPSA) is 116 Å². The number of aliphatic hydroxyl groups excluding tert-OH is 1. The van der Waals surface area contributed by atoms with Gasteiger partial charge in [-0.15, -0.1) is 0 Å². The van der Waals surface area contributed by atoms with E-state index in [9.17, 15) is 36.6 Å². The van der Waals surface area contributed by atoms with Gasteiger partial charge in [0.1, 0.15) is 10.6 Å². The van der Waals surface area contributed by atoms with Crippen LogP contribution in [-0.4, -0.2) is 50.9 Å². The molecule has 3 rings (SSSR count). The van der Waals surface area contributed by atoms with E-state index in [-0.39, 0.29) is 29.2 Å². The summed E-state index contributed by atoms with van der Waals surface area (Å²) in [4.78, 5) is 12.3. The second-order valence-electron chi connectivity index (χ2n) is 7.25. The largest absolute Gasteiger partial charge is 0.495 e. The molecule has 1 heterocycles. The molecule has 2 aromatic rings. The van der Waals surface area contributed by atoms with Gasteiger partial charge in [0.25, 0.3) is 10.0 Å². The van der Waals surface area contributed by atoms with Gasteiger partial charge in [0.2, 0.25) is 0 Å². The van der Waals surface area contributed by atoms with Gasteiger partial charge in [-0.25, -0.2) is 13.2 Å². The molecule has 1 fully saturated rings. The molecule has 0 saturated carbocycles. The van der Waals surface area contributed by atoms with E-state index in [1.807, 2.05) is 0 Å². The van der Waals surface area contributed by atoms with Crippen LogP contribution in [0, 0.1) is 0 Å². The molecule has 1 aliphatic rings. The zero-order valence-corrected chi connectivity index (χ0v) is 17.7. The minimum Gasteiger partial charge on any atom is -0.495 e. The third kappa shape index (κ3) is 5.07. The van der Waals surface area contributed by atoms with Gasteiger partial charge in [-0.05, 0) is 49.2 Å². The van der Waals surface area contributed by atoms with Gasteiger partial charge in [-0.1, -0.05) is 0 Å². The van der Waals surface area contributed by atoms with E-state index in [1.54, 1.807) is 4.90 Å². The second-order valence-corrected chi connectivity index (χ2v) is 8.90. The van der Waals surface area contributed by atoms with Crippen molar-refractivity contribution in [3.63, 3.8) is 0 Å². The monoisotopic (exact) mass is 474 g/mol. The number of benzene rings is 2. The Balaban J connectivity index is 2.10. The number of rotatable bonds is 6. The number of nitrogens with one attached hydrogen (secondary N) is 1. The van der Waals surface area contributed by atoms with Crippen LogP contribution in [-0.2, 0) is 16.2 Å². The van der Waals surface area contributed by atoms with E-state index in [4.69, 9.17) is 4.74 Å². The normalized spacial score (nSPS) is 17.2. The molecule has 2 aromatic carbocycles. The number of anilines is 2. The van der Waals surface area contributed by atoms with Gasteiger partial charge in [0, 0.05) is 13.1 Å². The standard InChI is InChI=1S/C20H21F3N2O6S/c1-31-17-7-4-12(19(27)28)9-18(17)32(29,30)24-15-10-13(20(21,22)23)5-6-16(15)25-8-2-3-14(26)11-25/h4-7,9-10,14,24,26H,2-3,8,11H2,1H3,(H,27,28). The summed E-state index contributed by atoms with van der Waals surface area (Å²) >= 11 is 0. The first kappa shape index (κ1) is 23.7. The van der Waals surface area contributed by atoms with Crippen LogP contribution in [0.3, 0.4) is 0 Å². The highest BCUT2D eigenvalue weighted by Crippen LogP contribution is 2.38. The lowest BCUT2D eigenvalue weighted by molar-refractivity contribution is -0.137. The Hall–Kier alpha value is -2.99. The van der Waals surface area contributed by atoms with Crippen LogP contribution < -0.4 is 14.4 Å². The quantitative estimate of drug-likeness (QED) is 0.589. The van der Waals surface area contributed by atoms with Gasteiger partial charge in [-0.2, -0.15) is 13.2 Å². The summed E-state index contributed by atoms with van der Waals surface area (Å²) in [6.45, 7) is 0.535. The highest BCUT2D eigenvalue weighted by Gasteiger charge is 2.33. The maximum absolute atomic E-state index is 13.3. The summed E-state index contributed by atoms with van der Waals surface area (Å²) in [5.41, 5.74) is -1.59. The number of carbonyl (C=O) groups is 1. The summed E-state index contributed by atoms with van der Waals surface area (Å²) < 4.78 is 73.2. The number of aliphatic hydroxyl groups is 1. The molecule has 3 N–H and O–H groups in total. The zero-order valence-electron chi connectivity index (χ0n) is 16.9. The highest BCUT2D eigenvalue weighted by molar-refractivity contribution is 7.92. The molecule has 1 aliphatic heterocycles. The van der Waals surface area contributed by atoms with Gasteiger partial charge >= 0.3 is 12.1 Å². The number of halogens is 3. The van der Waals surface area contributed by atoms with Gasteiger partial charge in [0.05, 0.1) is 35.7 Å². The van der Waals surface area contributed by atoms with Crippen molar-refractivity contribution in [1.29, 1.82) is 0 Å². The third-order valence-corrected chi connectivity index (χ3v) is 6.39. The molecule has 1 unspecified atom stereocenters. The molecular weight excluding hydrogens is 453 g/mol. The van der Waals surface area contributed by atoms with E-state index in [0.717, 1.165) is 30.3 Å². The van der Waals surface area contributed by atoms with Crippen molar-refractivity contribution in [2.75, 3.05) is 29.8 Å². The maximum atomic E-state index is 13.3. The molecule has 1 saturated heterocycles. The first-order valence-electron chi connectivity index (χ1n) is 9.51. The van der Waals surface area contributed by atoms with Crippen LogP contribution in [0.4, 0.5) is 24.5 Å². The van der Waals surface area contributed by atoms with Crippen LogP contribution in [0.5, 0.6) is 5.75 Å². The van der Waals surface area contributed by atoms with Crippen LogP contribution in [0.25, 0.3) is 0 Å². The van der Waals surface area contributed by atoms with Crippen molar-refractivity contribution in [2.45, 2.75) is 30.0 Å². The molecule has 0 spiro atoms.